The Kier molecular flexibility index (Phi) is 6.26. The van der Waals surface area contributed by atoms with Crippen molar-refractivity contribution in [1.82, 2.24) is 9.80 Å². The first-order chi connectivity index (χ1) is 11.7. The first-order valence-corrected chi connectivity index (χ1v) is 9.34. The number of carbonyl (C=O) groups is 2. The third-order valence-corrected chi connectivity index (χ3v) is 4.80. The van der Waals surface area contributed by atoms with Gasteiger partial charge in [0.05, 0.1) is 5.92 Å². The molecule has 4 heteroatoms. The number of hydrogen-bond donors (Lipinski definition) is 0. The molecule has 1 fully saturated rings. The summed E-state index contributed by atoms with van der Waals surface area (Å²) in [7, 11) is 0. The lowest BCUT2D eigenvalue weighted by molar-refractivity contribution is -0.146. The minimum Gasteiger partial charge on any atom is -0.341 e. The van der Waals surface area contributed by atoms with Crippen LogP contribution in [0.4, 0.5) is 0 Å². The summed E-state index contributed by atoms with van der Waals surface area (Å²) >= 11 is 0. The molecular weight excluding hydrogens is 312 g/mol. The van der Waals surface area contributed by atoms with Crippen LogP contribution in [0.15, 0.2) is 30.3 Å². The van der Waals surface area contributed by atoms with Gasteiger partial charge in [0.15, 0.2) is 0 Å². The molecule has 1 atom stereocenters. The van der Waals surface area contributed by atoms with Crippen LogP contribution in [0.1, 0.15) is 53.0 Å². The largest absolute Gasteiger partial charge is 0.341 e. The van der Waals surface area contributed by atoms with Crippen LogP contribution in [0.5, 0.6) is 0 Å². The molecule has 0 spiro atoms. The Labute approximate surface area is 152 Å². The van der Waals surface area contributed by atoms with Crippen LogP contribution in [0.3, 0.4) is 0 Å². The Balaban J connectivity index is 2.09. The molecule has 1 saturated heterocycles. The molecule has 0 N–H and O–H groups in total. The van der Waals surface area contributed by atoms with E-state index in [4.69, 9.17) is 0 Å². The number of rotatable bonds is 4. The summed E-state index contributed by atoms with van der Waals surface area (Å²) in [4.78, 5) is 29.6. The molecule has 0 aromatic heterocycles. The van der Waals surface area contributed by atoms with Gasteiger partial charge in [0, 0.05) is 31.1 Å². The van der Waals surface area contributed by atoms with Crippen LogP contribution >= 0.6 is 0 Å². The van der Waals surface area contributed by atoms with Gasteiger partial charge in [-0.25, -0.2) is 0 Å². The summed E-state index contributed by atoms with van der Waals surface area (Å²) in [5.74, 6) is 0.223. The van der Waals surface area contributed by atoms with Crippen LogP contribution in [0.25, 0.3) is 0 Å². The van der Waals surface area contributed by atoms with E-state index in [0.717, 1.165) is 24.9 Å². The number of piperidine rings is 1. The number of amides is 2. The molecule has 1 aromatic carbocycles. The first-order valence-electron chi connectivity index (χ1n) is 9.34. The summed E-state index contributed by atoms with van der Waals surface area (Å²) in [6.07, 6.45) is 1.76. The lowest BCUT2D eigenvalue weighted by atomic mass is 9.90. The van der Waals surface area contributed by atoms with E-state index < -0.39 is 5.41 Å². The van der Waals surface area contributed by atoms with E-state index in [9.17, 15) is 9.59 Å². The average molecular weight is 344 g/mol. The second kappa shape index (κ2) is 8.03. The molecule has 1 aromatic rings. The van der Waals surface area contributed by atoms with Gasteiger partial charge in [0.2, 0.25) is 11.8 Å². The van der Waals surface area contributed by atoms with Gasteiger partial charge in [-0.15, -0.1) is 0 Å². The number of hydrogen-bond acceptors (Lipinski definition) is 2. The monoisotopic (exact) mass is 344 g/mol. The number of benzene rings is 1. The maximum atomic E-state index is 13.1. The summed E-state index contributed by atoms with van der Waals surface area (Å²) < 4.78 is 0. The van der Waals surface area contributed by atoms with Crippen molar-refractivity contribution in [2.75, 3.05) is 13.1 Å². The van der Waals surface area contributed by atoms with E-state index in [1.165, 1.54) is 0 Å². The molecule has 4 nitrogen and oxygen atoms in total. The fourth-order valence-corrected chi connectivity index (χ4v) is 3.37. The van der Waals surface area contributed by atoms with Crippen LogP contribution in [0, 0.1) is 11.3 Å². The number of nitrogens with zero attached hydrogens (tertiary/aromatic N) is 2. The number of carbonyl (C=O) groups excluding carboxylic acids is 2. The maximum absolute atomic E-state index is 13.1. The average Bonchev–Trinajstić information content (AvgIpc) is 2.58. The molecule has 0 aliphatic carbocycles. The third-order valence-electron chi connectivity index (χ3n) is 4.80. The highest BCUT2D eigenvalue weighted by atomic mass is 16.2. The zero-order valence-corrected chi connectivity index (χ0v) is 16.3. The predicted molar refractivity (Wildman–Crippen MR) is 101 cm³/mol. The molecule has 0 saturated carbocycles. The smallest absolute Gasteiger partial charge is 0.228 e. The fourth-order valence-electron chi connectivity index (χ4n) is 3.37. The van der Waals surface area contributed by atoms with Gasteiger partial charge < -0.3 is 9.80 Å². The van der Waals surface area contributed by atoms with Crippen molar-refractivity contribution >= 4 is 11.8 Å². The van der Waals surface area contributed by atoms with E-state index >= 15 is 0 Å². The molecule has 0 radical (unpaired) electrons. The van der Waals surface area contributed by atoms with E-state index in [1.807, 2.05) is 48.8 Å². The van der Waals surface area contributed by atoms with Crippen LogP contribution in [-0.4, -0.2) is 40.7 Å². The van der Waals surface area contributed by atoms with Gasteiger partial charge in [-0.2, -0.15) is 0 Å². The summed E-state index contributed by atoms with van der Waals surface area (Å²) in [6, 6.07) is 10.2. The van der Waals surface area contributed by atoms with Gasteiger partial charge in [-0.3, -0.25) is 9.59 Å². The standard InChI is InChI=1S/C21H32N2O2/c1-16(2)23(14-17-10-7-6-8-11-17)19(24)18-12-9-13-22(15-18)20(25)21(3,4)5/h6-8,10-11,16,18H,9,12-15H2,1-5H3. The van der Waals surface area contributed by atoms with Crippen molar-refractivity contribution in [1.29, 1.82) is 0 Å². The van der Waals surface area contributed by atoms with Crippen molar-refractivity contribution < 1.29 is 9.59 Å². The SMILES string of the molecule is CC(C)N(Cc1ccccc1)C(=O)C1CCCN(C(=O)C(C)(C)C)C1. The van der Waals surface area contributed by atoms with Crippen LogP contribution in [-0.2, 0) is 16.1 Å². The third kappa shape index (κ3) is 5.07. The topological polar surface area (TPSA) is 40.6 Å². The van der Waals surface area contributed by atoms with Crippen molar-refractivity contribution in [3.8, 4) is 0 Å². The van der Waals surface area contributed by atoms with Crippen molar-refractivity contribution in [2.24, 2.45) is 11.3 Å². The van der Waals surface area contributed by atoms with E-state index in [0.29, 0.717) is 13.1 Å². The summed E-state index contributed by atoms with van der Waals surface area (Å²) in [5, 5.41) is 0. The van der Waals surface area contributed by atoms with Crippen LogP contribution in [0.2, 0.25) is 0 Å². The number of likely N-dealkylation sites (tertiary alicyclic amines) is 1. The molecule has 1 heterocycles. The second-order valence-electron chi connectivity index (χ2n) is 8.39. The maximum Gasteiger partial charge on any atom is 0.228 e. The zero-order valence-electron chi connectivity index (χ0n) is 16.3. The summed E-state index contributed by atoms with van der Waals surface area (Å²) in [5.41, 5.74) is 0.746. The Bertz CT molecular complexity index is 590. The molecule has 1 aliphatic rings. The molecule has 1 unspecified atom stereocenters. The van der Waals surface area contributed by atoms with Gasteiger partial charge in [-0.1, -0.05) is 51.1 Å². The molecule has 138 valence electrons. The van der Waals surface area contributed by atoms with Crippen molar-refractivity contribution in [2.45, 2.75) is 60.0 Å². The molecule has 2 amide bonds. The highest BCUT2D eigenvalue weighted by Crippen LogP contribution is 2.25. The van der Waals surface area contributed by atoms with Gasteiger partial charge in [-0.05, 0) is 32.3 Å². The van der Waals surface area contributed by atoms with E-state index in [-0.39, 0.29) is 23.8 Å². The highest BCUT2D eigenvalue weighted by Gasteiger charge is 2.35. The Hall–Kier alpha value is -1.84. The fraction of sp³-hybridized carbons (Fsp3) is 0.619. The van der Waals surface area contributed by atoms with Gasteiger partial charge >= 0.3 is 0 Å². The molecule has 25 heavy (non-hydrogen) atoms. The van der Waals surface area contributed by atoms with Crippen molar-refractivity contribution in [3.63, 3.8) is 0 Å². The molecular formula is C21H32N2O2. The lowest BCUT2D eigenvalue weighted by Crippen LogP contribution is -2.50. The normalized spacial score (nSPS) is 18.3. The minimum atomic E-state index is -0.396. The van der Waals surface area contributed by atoms with Crippen molar-refractivity contribution in [3.05, 3.63) is 35.9 Å². The van der Waals surface area contributed by atoms with E-state index in [1.54, 1.807) is 0 Å². The lowest BCUT2D eigenvalue weighted by Gasteiger charge is -2.38. The molecule has 2 rings (SSSR count). The Morgan fingerprint density at radius 3 is 2.40 bits per heavy atom. The Morgan fingerprint density at radius 2 is 1.84 bits per heavy atom. The first kappa shape index (κ1) is 19.5. The predicted octanol–water partition coefficient (Wildman–Crippen LogP) is 3.71. The summed E-state index contributed by atoms with van der Waals surface area (Å²) in [6.45, 7) is 11.9. The zero-order chi connectivity index (χ0) is 18.6. The van der Waals surface area contributed by atoms with Gasteiger partial charge in [0.25, 0.3) is 0 Å². The quantitative estimate of drug-likeness (QED) is 0.835. The minimum absolute atomic E-state index is 0.0915. The second-order valence-corrected chi connectivity index (χ2v) is 8.39. The molecule has 1 aliphatic heterocycles. The highest BCUT2D eigenvalue weighted by molar-refractivity contribution is 5.84. The van der Waals surface area contributed by atoms with Gasteiger partial charge in [0.1, 0.15) is 0 Å². The van der Waals surface area contributed by atoms with E-state index in [2.05, 4.69) is 26.0 Å². The molecule has 0 bridgehead atoms. The Morgan fingerprint density at radius 1 is 1.20 bits per heavy atom. The van der Waals surface area contributed by atoms with Crippen LogP contribution < -0.4 is 0 Å².